The van der Waals surface area contributed by atoms with Gasteiger partial charge in [0.25, 0.3) is 0 Å². The van der Waals surface area contributed by atoms with Crippen LogP contribution in [0, 0.1) is 0 Å². The molecule has 0 amide bonds. The highest BCUT2D eigenvalue weighted by molar-refractivity contribution is 6.96. The van der Waals surface area contributed by atoms with E-state index in [0.29, 0.717) is 0 Å². The first-order chi connectivity index (χ1) is 9.38. The summed E-state index contributed by atoms with van der Waals surface area (Å²) in [5.74, 6) is 0. The fraction of sp³-hybridized carbons (Fsp3) is 0.312. The lowest BCUT2D eigenvalue weighted by Gasteiger charge is -2.26. The first-order valence-corrected chi connectivity index (χ1v) is 10.9. The predicted octanol–water partition coefficient (Wildman–Crippen LogP) is 1.56. The third kappa shape index (κ3) is 3.51. The van der Waals surface area contributed by atoms with Crippen LogP contribution in [-0.4, -0.2) is 19.9 Å². The molecule has 1 aromatic carbocycles. The summed E-state index contributed by atoms with van der Waals surface area (Å²) in [6.45, 7) is 7.36. The van der Waals surface area contributed by atoms with Crippen molar-refractivity contribution in [1.29, 1.82) is 0 Å². The number of rotatable bonds is 4. The Morgan fingerprint density at radius 3 is 2.35 bits per heavy atom. The quantitative estimate of drug-likeness (QED) is 0.595. The van der Waals surface area contributed by atoms with Crippen molar-refractivity contribution in [3.05, 3.63) is 53.4 Å². The Kier molecular flexibility index (Phi) is 4.33. The fourth-order valence-electron chi connectivity index (χ4n) is 2.72. The van der Waals surface area contributed by atoms with Crippen LogP contribution in [0.25, 0.3) is 6.08 Å². The smallest absolute Gasteiger partial charge is 0.126 e. The summed E-state index contributed by atoms with van der Waals surface area (Å²) in [6.07, 6.45) is 6.76. The summed E-state index contributed by atoms with van der Waals surface area (Å²) < 4.78 is 4.55. The largest absolute Gasteiger partial charge is 0.274 e. The lowest BCUT2D eigenvalue weighted by molar-refractivity contribution is -0.652. The monoisotopic (exact) mass is 284 g/mol. The minimum absolute atomic E-state index is 0.268. The van der Waals surface area contributed by atoms with Gasteiger partial charge in [-0.2, -0.15) is 0 Å². The molecule has 106 valence electrons. The van der Waals surface area contributed by atoms with E-state index < -0.39 is 8.07 Å². The van der Waals surface area contributed by atoms with Gasteiger partial charge in [-0.05, 0) is 5.56 Å². The van der Waals surface area contributed by atoms with Crippen molar-refractivity contribution in [1.82, 2.24) is 4.57 Å². The van der Waals surface area contributed by atoms with E-state index in [1.54, 1.807) is 5.10 Å². The molecule has 0 fully saturated rings. The van der Waals surface area contributed by atoms with Gasteiger partial charge in [-0.1, -0.05) is 56.0 Å². The van der Waals surface area contributed by atoms with Gasteiger partial charge < -0.3 is 0 Å². The van der Waals surface area contributed by atoms with Crippen molar-refractivity contribution in [2.45, 2.75) is 19.6 Å². The summed E-state index contributed by atoms with van der Waals surface area (Å²) >= 11 is 0. The van der Waals surface area contributed by atoms with Gasteiger partial charge in [-0.15, -0.1) is 0 Å². The molecule has 0 spiro atoms. The Morgan fingerprint density at radius 2 is 1.85 bits per heavy atom. The van der Waals surface area contributed by atoms with Crippen LogP contribution in [-0.2, 0) is 14.1 Å². The van der Waals surface area contributed by atoms with Crippen molar-refractivity contribution >= 4 is 27.2 Å². The van der Waals surface area contributed by atoms with Gasteiger partial charge in [-0.25, -0.2) is 5.10 Å². The van der Waals surface area contributed by atoms with Crippen molar-refractivity contribution < 1.29 is 4.57 Å². The van der Waals surface area contributed by atoms with Gasteiger partial charge in [0.2, 0.25) is 0 Å². The normalized spacial score (nSPS) is 12.8. The molecule has 20 heavy (non-hydrogen) atoms. The van der Waals surface area contributed by atoms with E-state index in [1.165, 1.54) is 11.3 Å². The second-order valence-corrected chi connectivity index (χ2v) is 12.1. The number of benzene rings is 1. The summed E-state index contributed by atoms with van der Waals surface area (Å²) in [5.41, 5.74) is 2.82. The van der Waals surface area contributed by atoms with Crippen LogP contribution in [0.2, 0.25) is 19.6 Å². The zero-order valence-corrected chi connectivity index (χ0v) is 14.5. The summed E-state index contributed by atoms with van der Waals surface area (Å²) in [5, 5.41) is 1.71. The third-order valence-corrected chi connectivity index (χ3v) is 7.15. The van der Waals surface area contributed by atoms with Gasteiger partial charge in [0, 0.05) is 8.07 Å². The van der Waals surface area contributed by atoms with Gasteiger partial charge >= 0.3 is 0 Å². The lowest BCUT2D eigenvalue weighted by Crippen LogP contribution is -2.52. The zero-order valence-electron chi connectivity index (χ0n) is 13.5. The minimum Gasteiger partial charge on any atom is -0.274 e. The van der Waals surface area contributed by atoms with Crippen LogP contribution in [0.1, 0.15) is 5.56 Å². The molecule has 0 saturated carbocycles. The third-order valence-electron chi connectivity index (χ3n) is 4.39. The number of aryl methyl sites for hydroxylation is 2. The molecule has 0 aliphatic rings. The Balaban J connectivity index is 2.38. The Morgan fingerprint density at radius 1 is 1.20 bits per heavy atom. The van der Waals surface area contributed by atoms with Crippen molar-refractivity contribution in [3.63, 3.8) is 0 Å². The second-order valence-electron chi connectivity index (χ2n) is 6.81. The maximum Gasteiger partial charge on any atom is 0.126 e. The summed E-state index contributed by atoms with van der Waals surface area (Å²) in [4.78, 5) is 0. The van der Waals surface area contributed by atoms with Crippen molar-refractivity contribution in [2.24, 2.45) is 14.1 Å². The maximum absolute atomic E-state index is 2.45. The van der Waals surface area contributed by atoms with E-state index in [2.05, 4.69) is 91.7 Å². The van der Waals surface area contributed by atoms with Crippen LogP contribution in [0.4, 0.5) is 0 Å². The van der Waals surface area contributed by atoms with E-state index in [9.17, 15) is 0 Å². The zero-order chi connectivity index (χ0) is 14.8. The minimum atomic E-state index is -1.28. The van der Waals surface area contributed by atoms with E-state index in [4.69, 9.17) is 0 Å². The average molecular weight is 284 g/mol. The molecule has 0 atom stereocenters. The molecule has 2 aromatic rings. The van der Waals surface area contributed by atoms with E-state index in [0.717, 1.165) is 0 Å². The van der Waals surface area contributed by atoms with E-state index in [1.807, 2.05) is 0 Å². The molecule has 0 bridgehead atoms. The van der Waals surface area contributed by atoms with Gasteiger partial charge in [0.1, 0.15) is 19.7 Å². The molecule has 0 radical (unpaired) electrons. The van der Waals surface area contributed by atoms with Crippen LogP contribution < -0.4 is 10.3 Å². The molecule has 0 aliphatic carbocycles. The van der Waals surface area contributed by atoms with Crippen LogP contribution in [0.5, 0.6) is 0 Å². The first kappa shape index (κ1) is 14.9. The molecule has 0 aliphatic heterocycles. The second kappa shape index (κ2) is 5.84. The molecule has 0 unspecified atom stereocenters. The lowest BCUT2D eigenvalue weighted by atomic mass is 9.75. The maximum atomic E-state index is 2.45. The molecule has 4 heteroatoms. The predicted molar refractivity (Wildman–Crippen MR) is 92.5 cm³/mol. The molecule has 0 saturated heterocycles. The highest BCUT2D eigenvalue weighted by Crippen LogP contribution is 2.16. The molecular formula is C16H25BN2Si. The standard InChI is InChI=1S/C16H25BN2Si/c1-18-11-12-19(2)16(18)17-15(20(3,4)5)13-14-9-7-6-8-10-14/h6-13H,17H2,1-5H3/b15-13-. The number of hydrogen-bond donors (Lipinski definition) is 0. The van der Waals surface area contributed by atoms with Crippen LogP contribution in [0.3, 0.4) is 0 Å². The highest BCUT2D eigenvalue weighted by atomic mass is 28.3. The number of nitrogens with zero attached hydrogens (tertiary/aromatic N) is 2. The fourth-order valence-corrected chi connectivity index (χ4v) is 4.29. The number of imidazole rings is 1. The molecule has 0 N–H and O–H groups in total. The Hall–Kier alpha value is -1.55. The van der Waals surface area contributed by atoms with E-state index >= 15 is 0 Å². The first-order valence-electron chi connectivity index (χ1n) is 7.43. The molecular weight excluding hydrogens is 259 g/mol. The molecule has 2 rings (SSSR count). The highest BCUT2D eigenvalue weighted by Gasteiger charge is 2.18. The summed E-state index contributed by atoms with van der Waals surface area (Å²) in [6, 6.07) is 10.7. The van der Waals surface area contributed by atoms with Crippen molar-refractivity contribution in [2.75, 3.05) is 0 Å². The number of hydrogen-bond acceptors (Lipinski definition) is 0. The van der Waals surface area contributed by atoms with Crippen molar-refractivity contribution in [3.8, 4) is 0 Å². The Labute approximate surface area is 124 Å². The molecule has 2 nitrogen and oxygen atoms in total. The van der Waals surface area contributed by atoms with Gasteiger partial charge in [0.05, 0.1) is 19.8 Å². The summed E-state index contributed by atoms with van der Waals surface area (Å²) in [7, 11) is 2.76. The Bertz CT molecular complexity index is 590. The average Bonchev–Trinajstić information content (AvgIpc) is 2.69. The van der Waals surface area contributed by atoms with Gasteiger partial charge in [0.15, 0.2) is 0 Å². The number of aromatic nitrogens is 2. The van der Waals surface area contributed by atoms with Crippen LogP contribution in [0.15, 0.2) is 47.8 Å². The SMILES string of the molecule is Cn1cc[n+](C)c1[BH2-]/C(=C/c1ccccc1)[Si](C)(C)C. The van der Waals surface area contributed by atoms with Gasteiger partial charge in [-0.3, -0.25) is 9.13 Å². The van der Waals surface area contributed by atoms with E-state index in [-0.39, 0.29) is 7.28 Å². The molecule has 1 heterocycles. The topological polar surface area (TPSA) is 8.81 Å². The molecule has 1 aromatic heterocycles. The van der Waals surface area contributed by atoms with Crippen LogP contribution >= 0.6 is 0 Å².